The molecule has 149 heavy (non-hydrogen) atoms. The van der Waals surface area contributed by atoms with Crippen molar-refractivity contribution in [3.63, 3.8) is 0 Å². The van der Waals surface area contributed by atoms with Crippen LogP contribution >= 0.6 is 0 Å². The normalized spacial score (nSPS) is 11.7. The van der Waals surface area contributed by atoms with Gasteiger partial charge in [-0.3, -0.25) is 0 Å². The third kappa shape index (κ3) is 16.9. The van der Waals surface area contributed by atoms with Crippen molar-refractivity contribution in [2.45, 2.75) is 32.2 Å². The van der Waals surface area contributed by atoms with Gasteiger partial charge in [-0.1, -0.05) is 364 Å². The Morgan fingerprint density at radius 1 is 0.161 bits per heavy atom. The van der Waals surface area contributed by atoms with Gasteiger partial charge in [0, 0.05) is 55.3 Å². The molecule has 0 saturated heterocycles. The van der Waals surface area contributed by atoms with Gasteiger partial charge in [0.25, 0.3) is 0 Å². The van der Waals surface area contributed by atoms with E-state index in [0.29, 0.717) is 19.8 Å². The maximum absolute atomic E-state index is 6.80. The van der Waals surface area contributed by atoms with Gasteiger partial charge in [0.05, 0.1) is 34.1 Å². The smallest absolute Gasteiger partial charge is 0.119 e. The van der Waals surface area contributed by atoms with Gasteiger partial charge >= 0.3 is 0 Å². The Bertz CT molecular complexity index is 9010. The van der Waals surface area contributed by atoms with E-state index in [9.17, 15) is 0 Å². The molecular weight excluding hydrogens is 1810 g/mol. The van der Waals surface area contributed by atoms with Crippen LogP contribution in [0.2, 0.25) is 0 Å². The molecule has 0 spiro atoms. The van der Waals surface area contributed by atoms with Crippen LogP contribution in [0, 0.1) is 0 Å². The number of rotatable bonds is 24. The first-order valence-electron chi connectivity index (χ1n) is 51.3. The number of para-hydroxylation sites is 3. The van der Waals surface area contributed by atoms with Gasteiger partial charge in [-0.15, -0.1) is 0 Å². The highest BCUT2D eigenvalue weighted by atomic mass is 16.5. The number of fused-ring (bicyclic) bond motifs is 12. The summed E-state index contributed by atoms with van der Waals surface area (Å²) in [6.07, 6.45) is 0. The summed E-state index contributed by atoms with van der Waals surface area (Å²) in [5, 5.41) is 28.6. The third-order valence-electron chi connectivity index (χ3n) is 30.5. The number of hydrogen-bond donors (Lipinski definition) is 0. The summed E-state index contributed by atoms with van der Waals surface area (Å²) in [4.78, 5) is 7.33. The fraction of sp³-hybridized carbons (Fsp3) is 0.0350. The molecule has 0 aliphatic heterocycles. The molecule has 0 aromatic heterocycles. The van der Waals surface area contributed by atoms with Crippen molar-refractivity contribution in [1.82, 2.24) is 0 Å². The zero-order valence-electron chi connectivity index (χ0n) is 82.1. The fourth-order valence-electron chi connectivity index (χ4n) is 22.7. The van der Waals surface area contributed by atoms with E-state index < -0.39 is 5.41 Å². The van der Waals surface area contributed by atoms with Crippen molar-refractivity contribution in [2.75, 3.05) is 14.7 Å². The number of ether oxygens (including phenoxy) is 3. The Morgan fingerprint density at radius 3 is 0.671 bits per heavy atom. The van der Waals surface area contributed by atoms with Gasteiger partial charge in [0.15, 0.2) is 0 Å². The van der Waals surface area contributed by atoms with Crippen molar-refractivity contribution in [3.8, 4) is 50.6 Å². The van der Waals surface area contributed by atoms with Crippen LogP contribution in [0.15, 0.2) is 546 Å². The number of benzene rings is 27. The van der Waals surface area contributed by atoms with E-state index in [1.54, 1.807) is 0 Å². The van der Waals surface area contributed by atoms with E-state index in [4.69, 9.17) is 14.2 Å². The lowest BCUT2D eigenvalue weighted by Crippen LogP contribution is -2.25. The Kier molecular flexibility index (Phi) is 22.6. The topological polar surface area (TPSA) is 37.4 Å². The van der Waals surface area contributed by atoms with Crippen molar-refractivity contribution in [1.29, 1.82) is 0 Å². The highest BCUT2D eigenvalue weighted by Crippen LogP contribution is 2.51. The molecule has 0 heterocycles. The molecule has 27 aromatic rings. The largest absolute Gasteiger partial charge is 0.489 e. The summed E-state index contributed by atoms with van der Waals surface area (Å²) in [7, 11) is 0. The van der Waals surface area contributed by atoms with Gasteiger partial charge in [0.2, 0.25) is 0 Å². The predicted octanol–water partition coefficient (Wildman–Crippen LogP) is 39.0. The molecule has 0 fully saturated rings. The molecule has 0 N–H and O–H groups in total. The van der Waals surface area contributed by atoms with E-state index in [0.717, 1.165) is 168 Å². The molecule has 27 aromatic carbocycles. The Morgan fingerprint density at radius 2 is 0.376 bits per heavy atom. The summed E-state index contributed by atoms with van der Waals surface area (Å²) in [6.45, 7) is 3.47. The van der Waals surface area contributed by atoms with E-state index in [1.807, 2.05) is 0 Å². The third-order valence-corrected chi connectivity index (χ3v) is 30.5. The summed E-state index contributed by atoms with van der Waals surface area (Å²) in [5.74, 6) is 2.33. The number of anilines is 9. The molecule has 6 nitrogen and oxygen atoms in total. The van der Waals surface area contributed by atoms with E-state index in [-0.39, 0.29) is 0 Å². The second-order valence-corrected chi connectivity index (χ2v) is 39.5. The van der Waals surface area contributed by atoms with Crippen LogP contribution in [-0.4, -0.2) is 0 Å². The predicted molar refractivity (Wildman–Crippen MR) is 628 cm³/mol. The van der Waals surface area contributed by atoms with E-state index in [2.05, 4.69) is 568 Å². The molecule has 0 aliphatic rings. The van der Waals surface area contributed by atoms with Gasteiger partial charge < -0.3 is 28.9 Å². The highest BCUT2D eigenvalue weighted by Gasteiger charge is 2.33. The maximum Gasteiger partial charge on any atom is 0.119 e. The molecule has 0 bridgehead atoms. The maximum atomic E-state index is 6.80. The summed E-state index contributed by atoms with van der Waals surface area (Å²) < 4.78 is 20.4. The van der Waals surface area contributed by atoms with Crippen LogP contribution in [0.1, 0.15) is 40.3 Å². The molecule has 27 rings (SSSR count). The Balaban J connectivity index is 0.474. The van der Waals surface area contributed by atoms with E-state index >= 15 is 0 Å². The minimum atomic E-state index is -0.645. The lowest BCUT2D eigenvalue weighted by molar-refractivity contribution is 0.306. The van der Waals surface area contributed by atoms with Crippen molar-refractivity contribution in [2.24, 2.45) is 0 Å². The van der Waals surface area contributed by atoms with Crippen molar-refractivity contribution < 1.29 is 14.2 Å². The van der Waals surface area contributed by atoms with Gasteiger partial charge in [-0.05, 0) is 352 Å². The molecule has 0 unspecified atom stereocenters. The molecule has 0 saturated carbocycles. The average molecular weight is 1910 g/mol. The van der Waals surface area contributed by atoms with Crippen LogP contribution in [-0.2, 0) is 25.2 Å². The lowest BCUT2D eigenvalue weighted by Gasteiger charge is -2.32. The summed E-state index contributed by atoms with van der Waals surface area (Å²) in [5.41, 5.74) is 22.6. The average Bonchev–Trinajstić information content (AvgIpc) is 0.780. The molecule has 0 amide bonds. The standard InChI is InChI=1S/C143H99N3O3/c1-143(122-62-71-128(72-63-122)147-92-95-47-50-113-89-125(68-59-107(113)77-95)144(140-44-20-32-98-23-8-11-35-131(98)140)137-41-17-14-38-134(137)116-56-53-110-80-101-26-2-5-29-104(101)83-119(110)86-116,123-64-73-129(74-65-123)148-93-96-48-51-114-90-126(69-60-108(114)78-96)145(141-45-21-33-99-24-9-12-36-132(99)141)138-42-18-15-39-135(138)117-57-54-111-81-102-27-3-6-30-105(102)84-120(111)87-117)124-66-75-130(76-67-124)149-94-97-49-52-115-91-127(70-61-109(115)79-97)146(142-46-22-34-100-25-10-13-37-133(100)142)139-43-19-16-40-136(139)118-58-55-112-82-103-28-4-7-31-106(103)85-121(112)88-118/h2-91H,92-94H2,1H3. The lowest BCUT2D eigenvalue weighted by atomic mass is 9.71. The molecule has 0 radical (unpaired) electrons. The van der Waals surface area contributed by atoms with Crippen LogP contribution in [0.5, 0.6) is 17.2 Å². The first-order valence-corrected chi connectivity index (χ1v) is 51.3. The minimum Gasteiger partial charge on any atom is -0.489 e. The van der Waals surface area contributed by atoms with Crippen molar-refractivity contribution >= 4 is 180 Å². The van der Waals surface area contributed by atoms with Gasteiger partial charge in [-0.25, -0.2) is 0 Å². The summed E-state index contributed by atoms with van der Waals surface area (Å²) in [6, 6.07) is 200. The number of nitrogens with zero attached hydrogens (tertiary/aromatic N) is 3. The number of hydrogen-bond acceptors (Lipinski definition) is 6. The van der Waals surface area contributed by atoms with Crippen LogP contribution < -0.4 is 28.9 Å². The molecule has 6 heteroatoms. The van der Waals surface area contributed by atoms with Crippen molar-refractivity contribution in [3.05, 3.63) is 579 Å². The van der Waals surface area contributed by atoms with Crippen LogP contribution in [0.4, 0.5) is 51.2 Å². The zero-order chi connectivity index (χ0) is 98.8. The monoisotopic (exact) mass is 1910 g/mol. The van der Waals surface area contributed by atoms with Crippen LogP contribution in [0.25, 0.3) is 163 Å². The molecule has 704 valence electrons. The van der Waals surface area contributed by atoms with E-state index in [1.165, 1.54) is 97.0 Å². The second kappa shape index (κ2) is 37.9. The van der Waals surface area contributed by atoms with Crippen LogP contribution in [0.3, 0.4) is 0 Å². The molecular formula is C143H99N3O3. The SMILES string of the molecule is CC(c1ccc(OCc2ccc3cc(N(c4ccccc4-c4ccc5cc6ccccc6cc5c4)c4cccc5ccccc45)ccc3c2)cc1)(c1ccc(OCc2ccc3cc(N(c4ccccc4-c4ccc5cc6ccccc6cc5c4)c4cccc5ccccc45)ccc3c2)cc1)c1ccc(OCc2ccc3cc(N(c4ccccc4-c4ccc5cc6ccccc6cc5c4)c4cccc5ccccc45)ccc3c2)cc1. The molecule has 0 aliphatic carbocycles. The Hall–Kier alpha value is -19.1. The summed E-state index contributed by atoms with van der Waals surface area (Å²) >= 11 is 0. The first-order chi connectivity index (χ1) is 73.6. The Labute approximate surface area is 865 Å². The molecule has 0 atom stereocenters. The second-order valence-electron chi connectivity index (χ2n) is 39.5. The van der Waals surface area contributed by atoms with Gasteiger partial charge in [0.1, 0.15) is 37.1 Å². The quantitative estimate of drug-likeness (QED) is 0.0443. The highest BCUT2D eigenvalue weighted by molar-refractivity contribution is 6.10. The minimum absolute atomic E-state index is 0.384. The van der Waals surface area contributed by atoms with Gasteiger partial charge in [-0.2, -0.15) is 0 Å². The fourth-order valence-corrected chi connectivity index (χ4v) is 22.7. The first kappa shape index (κ1) is 88.8. The zero-order valence-corrected chi connectivity index (χ0v) is 82.1.